The van der Waals surface area contributed by atoms with Crippen LogP contribution in [-0.2, 0) is 4.74 Å². The molecule has 112 valence electrons. The van der Waals surface area contributed by atoms with E-state index in [4.69, 9.17) is 4.74 Å². The van der Waals surface area contributed by atoms with E-state index >= 15 is 0 Å². The molecule has 0 amide bonds. The fourth-order valence-electron chi connectivity index (χ4n) is 3.23. The average Bonchev–Trinajstić information content (AvgIpc) is 2.39. The standard InChI is InChI=1S/C14H24F3NO/c15-14(16,17)12-6-1-2-7-13(12)18-9-8-11-5-3-4-10-19-11/h11-13,18H,1-10H2. The van der Waals surface area contributed by atoms with Crippen LogP contribution in [0.5, 0.6) is 0 Å². The van der Waals surface area contributed by atoms with Crippen LogP contribution in [0.2, 0.25) is 0 Å². The van der Waals surface area contributed by atoms with Crippen molar-refractivity contribution >= 4 is 0 Å². The van der Waals surface area contributed by atoms with Crippen LogP contribution < -0.4 is 5.32 Å². The first-order valence-electron chi connectivity index (χ1n) is 7.49. The van der Waals surface area contributed by atoms with Crippen LogP contribution >= 0.6 is 0 Å². The van der Waals surface area contributed by atoms with Crippen LogP contribution in [0.3, 0.4) is 0 Å². The van der Waals surface area contributed by atoms with Crippen molar-refractivity contribution in [3.8, 4) is 0 Å². The quantitative estimate of drug-likeness (QED) is 0.848. The van der Waals surface area contributed by atoms with Gasteiger partial charge in [0.15, 0.2) is 0 Å². The molecule has 0 aromatic carbocycles. The smallest absolute Gasteiger partial charge is 0.378 e. The number of rotatable bonds is 4. The Hall–Kier alpha value is -0.290. The lowest BCUT2D eigenvalue weighted by Gasteiger charge is -2.34. The maximum atomic E-state index is 12.9. The molecule has 2 rings (SSSR count). The molecule has 1 saturated heterocycles. The van der Waals surface area contributed by atoms with Gasteiger partial charge in [0.25, 0.3) is 0 Å². The number of nitrogens with one attached hydrogen (secondary N) is 1. The van der Waals surface area contributed by atoms with Crippen LogP contribution in [-0.4, -0.2) is 31.5 Å². The molecule has 0 spiro atoms. The van der Waals surface area contributed by atoms with Crippen LogP contribution in [0, 0.1) is 5.92 Å². The molecular weight excluding hydrogens is 255 g/mol. The van der Waals surface area contributed by atoms with Crippen molar-refractivity contribution in [2.75, 3.05) is 13.2 Å². The van der Waals surface area contributed by atoms with E-state index in [0.29, 0.717) is 19.4 Å². The van der Waals surface area contributed by atoms with E-state index in [1.54, 1.807) is 0 Å². The summed E-state index contributed by atoms with van der Waals surface area (Å²) in [6.07, 6.45) is 2.90. The van der Waals surface area contributed by atoms with E-state index in [-0.39, 0.29) is 12.5 Å². The Morgan fingerprint density at radius 3 is 2.42 bits per heavy atom. The molecule has 1 saturated carbocycles. The van der Waals surface area contributed by atoms with Crippen molar-refractivity contribution in [3.05, 3.63) is 0 Å². The predicted octanol–water partition coefficient (Wildman–Crippen LogP) is 3.66. The number of hydrogen-bond acceptors (Lipinski definition) is 2. The Kier molecular flexibility index (Phi) is 5.51. The van der Waals surface area contributed by atoms with Gasteiger partial charge in [-0.05, 0) is 45.1 Å². The van der Waals surface area contributed by atoms with Gasteiger partial charge in [-0.15, -0.1) is 0 Å². The van der Waals surface area contributed by atoms with Gasteiger partial charge < -0.3 is 10.1 Å². The highest BCUT2D eigenvalue weighted by Gasteiger charge is 2.45. The van der Waals surface area contributed by atoms with Gasteiger partial charge in [-0.3, -0.25) is 0 Å². The van der Waals surface area contributed by atoms with Gasteiger partial charge in [0.05, 0.1) is 12.0 Å². The average molecular weight is 279 g/mol. The van der Waals surface area contributed by atoms with Crippen molar-refractivity contribution < 1.29 is 17.9 Å². The highest BCUT2D eigenvalue weighted by atomic mass is 19.4. The molecule has 2 aliphatic rings. The van der Waals surface area contributed by atoms with Crippen molar-refractivity contribution in [2.45, 2.75) is 69.7 Å². The van der Waals surface area contributed by atoms with Crippen molar-refractivity contribution in [3.63, 3.8) is 0 Å². The molecular formula is C14H24F3NO. The number of hydrogen-bond donors (Lipinski definition) is 1. The Bertz CT molecular complexity index is 264. The zero-order valence-corrected chi connectivity index (χ0v) is 11.3. The topological polar surface area (TPSA) is 21.3 Å². The lowest BCUT2D eigenvalue weighted by Crippen LogP contribution is -2.46. The Labute approximate surface area is 113 Å². The lowest BCUT2D eigenvalue weighted by molar-refractivity contribution is -0.189. The highest BCUT2D eigenvalue weighted by molar-refractivity contribution is 4.85. The molecule has 19 heavy (non-hydrogen) atoms. The molecule has 0 radical (unpaired) electrons. The van der Waals surface area contributed by atoms with Gasteiger partial charge in [-0.2, -0.15) is 13.2 Å². The second-order valence-corrected chi connectivity index (χ2v) is 5.77. The summed E-state index contributed by atoms with van der Waals surface area (Å²) in [4.78, 5) is 0. The van der Waals surface area contributed by atoms with Gasteiger partial charge in [0.2, 0.25) is 0 Å². The van der Waals surface area contributed by atoms with Crippen molar-refractivity contribution in [2.24, 2.45) is 5.92 Å². The largest absolute Gasteiger partial charge is 0.393 e. The third-order valence-corrected chi connectivity index (χ3v) is 4.33. The predicted molar refractivity (Wildman–Crippen MR) is 68.0 cm³/mol. The summed E-state index contributed by atoms with van der Waals surface area (Å²) in [5.74, 6) is -1.16. The maximum Gasteiger partial charge on any atom is 0.393 e. The van der Waals surface area contributed by atoms with E-state index in [2.05, 4.69) is 5.32 Å². The van der Waals surface area contributed by atoms with Gasteiger partial charge in [-0.25, -0.2) is 0 Å². The maximum absolute atomic E-state index is 12.9. The molecule has 1 heterocycles. The van der Waals surface area contributed by atoms with Gasteiger partial charge in [-0.1, -0.05) is 12.8 Å². The van der Waals surface area contributed by atoms with Gasteiger partial charge in [0.1, 0.15) is 0 Å². The lowest BCUT2D eigenvalue weighted by atomic mass is 9.84. The molecule has 0 aromatic rings. The van der Waals surface area contributed by atoms with Crippen LogP contribution in [0.1, 0.15) is 51.4 Å². The summed E-state index contributed by atoms with van der Waals surface area (Å²) in [7, 11) is 0. The van der Waals surface area contributed by atoms with Crippen LogP contribution in [0.4, 0.5) is 13.2 Å². The Balaban J connectivity index is 1.73. The summed E-state index contributed by atoms with van der Waals surface area (Å²) in [5.41, 5.74) is 0. The van der Waals surface area contributed by atoms with Crippen molar-refractivity contribution in [1.82, 2.24) is 5.32 Å². The van der Waals surface area contributed by atoms with Crippen LogP contribution in [0.25, 0.3) is 0 Å². The minimum atomic E-state index is -4.06. The first-order valence-corrected chi connectivity index (χ1v) is 7.49. The SMILES string of the molecule is FC(F)(F)C1CCCCC1NCCC1CCCCO1. The molecule has 5 heteroatoms. The third kappa shape index (κ3) is 4.63. The number of alkyl halides is 3. The zero-order chi connectivity index (χ0) is 13.7. The summed E-state index contributed by atoms with van der Waals surface area (Å²) in [6.45, 7) is 1.45. The van der Waals surface area contributed by atoms with E-state index in [0.717, 1.165) is 32.3 Å². The molecule has 0 aromatic heterocycles. The second-order valence-electron chi connectivity index (χ2n) is 5.77. The molecule has 2 fully saturated rings. The Morgan fingerprint density at radius 1 is 1.00 bits per heavy atom. The summed E-state index contributed by atoms with van der Waals surface area (Å²) >= 11 is 0. The van der Waals surface area contributed by atoms with E-state index < -0.39 is 18.1 Å². The van der Waals surface area contributed by atoms with Crippen molar-refractivity contribution in [1.29, 1.82) is 0 Å². The zero-order valence-electron chi connectivity index (χ0n) is 11.3. The van der Waals surface area contributed by atoms with Gasteiger partial charge in [0, 0.05) is 12.6 Å². The highest BCUT2D eigenvalue weighted by Crippen LogP contribution is 2.37. The monoisotopic (exact) mass is 279 g/mol. The first kappa shape index (κ1) is 15.1. The summed E-state index contributed by atoms with van der Waals surface area (Å²) in [5, 5.41) is 3.13. The molecule has 3 atom stereocenters. The molecule has 2 nitrogen and oxygen atoms in total. The van der Waals surface area contributed by atoms with Gasteiger partial charge >= 0.3 is 6.18 Å². The Morgan fingerprint density at radius 2 is 1.74 bits per heavy atom. The molecule has 1 N–H and O–H groups in total. The third-order valence-electron chi connectivity index (χ3n) is 4.33. The van der Waals surface area contributed by atoms with E-state index in [1.165, 1.54) is 6.42 Å². The van der Waals surface area contributed by atoms with E-state index in [1.807, 2.05) is 0 Å². The first-order chi connectivity index (χ1) is 9.07. The van der Waals surface area contributed by atoms with Crippen LogP contribution in [0.15, 0.2) is 0 Å². The summed E-state index contributed by atoms with van der Waals surface area (Å²) in [6, 6.07) is -0.391. The van der Waals surface area contributed by atoms with E-state index in [9.17, 15) is 13.2 Å². The fourth-order valence-corrected chi connectivity index (χ4v) is 3.23. The number of halogens is 3. The molecule has 0 bridgehead atoms. The number of ether oxygens (including phenoxy) is 1. The minimum absolute atomic E-state index is 0.245. The minimum Gasteiger partial charge on any atom is -0.378 e. The second kappa shape index (κ2) is 6.93. The summed E-state index contributed by atoms with van der Waals surface area (Å²) < 4.78 is 44.3. The molecule has 1 aliphatic heterocycles. The normalized spacial score (nSPS) is 33.3. The molecule has 1 aliphatic carbocycles. The molecule has 3 unspecified atom stereocenters. The fraction of sp³-hybridized carbons (Fsp3) is 1.00.